The molecule has 0 amide bonds. The molecule has 88 valence electrons. The van der Waals surface area contributed by atoms with Gasteiger partial charge in [-0.05, 0) is 41.4 Å². The summed E-state index contributed by atoms with van der Waals surface area (Å²) in [6, 6.07) is 0. The molecule has 5 heteroatoms. The maximum absolute atomic E-state index is 11.8. The lowest BCUT2D eigenvalue weighted by atomic mass is 10.1. The summed E-state index contributed by atoms with van der Waals surface area (Å²) in [5.41, 5.74) is 0.819. The number of hydrogen-bond acceptors (Lipinski definition) is 3. The molecule has 0 saturated carbocycles. The highest BCUT2D eigenvalue weighted by molar-refractivity contribution is 14.1. The number of rotatable bonds is 2. The van der Waals surface area contributed by atoms with Crippen LogP contribution in [0.15, 0.2) is 4.79 Å². The third-order valence-corrected chi connectivity index (χ3v) is 3.73. The Morgan fingerprint density at radius 1 is 1.56 bits per heavy atom. The molecule has 1 N–H and O–H groups in total. The summed E-state index contributed by atoms with van der Waals surface area (Å²) >= 11 is 2.05. The maximum atomic E-state index is 11.8. The van der Waals surface area contributed by atoms with E-state index in [0.29, 0.717) is 9.39 Å². The van der Waals surface area contributed by atoms with Crippen molar-refractivity contribution in [2.24, 2.45) is 0 Å². The third-order valence-electron chi connectivity index (χ3n) is 2.69. The van der Waals surface area contributed by atoms with Crippen LogP contribution < -0.4 is 5.56 Å². The average molecular weight is 334 g/mol. The van der Waals surface area contributed by atoms with Crippen molar-refractivity contribution in [3.05, 3.63) is 25.4 Å². The van der Waals surface area contributed by atoms with Crippen molar-refractivity contribution in [3.8, 4) is 0 Å². The monoisotopic (exact) mass is 334 g/mol. The number of nitrogens with zero attached hydrogens (tertiary/aromatic N) is 1. The van der Waals surface area contributed by atoms with E-state index in [1.54, 1.807) is 0 Å². The molecular weight excluding hydrogens is 319 g/mol. The van der Waals surface area contributed by atoms with Gasteiger partial charge in [-0.15, -0.1) is 0 Å². The van der Waals surface area contributed by atoms with Crippen LogP contribution in [0.2, 0.25) is 0 Å². The van der Waals surface area contributed by atoms with Gasteiger partial charge in [0.2, 0.25) is 0 Å². The van der Waals surface area contributed by atoms with E-state index in [1.165, 1.54) is 0 Å². The average Bonchev–Trinajstić information content (AvgIpc) is 2.74. The van der Waals surface area contributed by atoms with E-state index >= 15 is 0 Å². The lowest BCUT2D eigenvalue weighted by molar-refractivity contribution is 0.104. The summed E-state index contributed by atoms with van der Waals surface area (Å²) in [5, 5.41) is 0. The minimum atomic E-state index is -0.0511. The van der Waals surface area contributed by atoms with Gasteiger partial charge < -0.3 is 9.72 Å². The van der Waals surface area contributed by atoms with Gasteiger partial charge in [-0.2, -0.15) is 0 Å². The molecule has 0 spiro atoms. The van der Waals surface area contributed by atoms with Gasteiger partial charge in [0.05, 0.1) is 9.26 Å². The van der Waals surface area contributed by atoms with Crippen molar-refractivity contribution in [1.82, 2.24) is 9.97 Å². The zero-order valence-corrected chi connectivity index (χ0v) is 11.6. The smallest absolute Gasteiger partial charge is 0.264 e. The SMILES string of the molecule is CC(C)c1nc(C2CCCO2)[nH]c(=O)c1I. The van der Waals surface area contributed by atoms with Crippen molar-refractivity contribution in [3.63, 3.8) is 0 Å². The topological polar surface area (TPSA) is 55.0 Å². The number of nitrogens with one attached hydrogen (secondary N) is 1. The second kappa shape index (κ2) is 4.83. The maximum Gasteiger partial charge on any atom is 0.264 e. The molecule has 1 unspecified atom stereocenters. The van der Waals surface area contributed by atoms with E-state index in [1.807, 2.05) is 13.8 Å². The first-order valence-electron chi connectivity index (χ1n) is 5.50. The molecule has 0 radical (unpaired) electrons. The molecule has 1 atom stereocenters. The van der Waals surface area contributed by atoms with Crippen LogP contribution in [-0.4, -0.2) is 16.6 Å². The van der Waals surface area contributed by atoms with Crippen molar-refractivity contribution >= 4 is 22.6 Å². The third kappa shape index (κ3) is 2.29. The quantitative estimate of drug-likeness (QED) is 0.845. The van der Waals surface area contributed by atoms with Crippen LogP contribution in [0.3, 0.4) is 0 Å². The van der Waals surface area contributed by atoms with E-state index in [-0.39, 0.29) is 17.6 Å². The molecule has 1 aliphatic rings. The standard InChI is InChI=1S/C11H15IN2O2/c1-6(2)9-8(12)11(15)14-10(13-9)7-4-3-5-16-7/h6-7H,3-5H2,1-2H3,(H,13,14,15). The molecule has 2 heterocycles. The van der Waals surface area contributed by atoms with E-state index in [0.717, 1.165) is 25.1 Å². The van der Waals surface area contributed by atoms with Crippen LogP contribution in [0.4, 0.5) is 0 Å². The fourth-order valence-corrected chi connectivity index (χ4v) is 2.70. The van der Waals surface area contributed by atoms with Gasteiger partial charge >= 0.3 is 0 Å². The number of aromatic amines is 1. The van der Waals surface area contributed by atoms with E-state index in [2.05, 4.69) is 32.6 Å². The van der Waals surface area contributed by atoms with Crippen molar-refractivity contribution in [1.29, 1.82) is 0 Å². The van der Waals surface area contributed by atoms with Crippen molar-refractivity contribution < 1.29 is 4.74 Å². The van der Waals surface area contributed by atoms with Gasteiger partial charge in [-0.1, -0.05) is 13.8 Å². The Bertz CT molecular complexity index is 436. The number of ether oxygens (including phenoxy) is 1. The fourth-order valence-electron chi connectivity index (χ4n) is 1.82. The highest BCUT2D eigenvalue weighted by atomic mass is 127. The summed E-state index contributed by atoms with van der Waals surface area (Å²) in [6.45, 7) is 4.85. The van der Waals surface area contributed by atoms with Gasteiger partial charge in [0.1, 0.15) is 11.9 Å². The Balaban J connectivity index is 2.43. The predicted molar refractivity (Wildman–Crippen MR) is 69.6 cm³/mol. The molecule has 16 heavy (non-hydrogen) atoms. The van der Waals surface area contributed by atoms with Gasteiger partial charge in [0, 0.05) is 6.61 Å². The van der Waals surface area contributed by atoms with Gasteiger partial charge in [0.25, 0.3) is 5.56 Å². The fraction of sp³-hybridized carbons (Fsp3) is 0.636. The Morgan fingerprint density at radius 2 is 2.31 bits per heavy atom. The Morgan fingerprint density at radius 3 is 2.88 bits per heavy atom. The second-order valence-corrected chi connectivity index (χ2v) is 5.39. The first kappa shape index (κ1) is 12.0. The van der Waals surface area contributed by atoms with Crippen molar-refractivity contribution in [2.75, 3.05) is 6.61 Å². The van der Waals surface area contributed by atoms with Crippen LogP contribution in [-0.2, 0) is 4.74 Å². The molecule has 1 fully saturated rings. The van der Waals surface area contributed by atoms with Gasteiger partial charge in [0.15, 0.2) is 0 Å². The molecule has 1 aromatic rings. The lowest BCUT2D eigenvalue weighted by Crippen LogP contribution is -2.20. The van der Waals surface area contributed by atoms with Crippen LogP contribution in [0, 0.1) is 3.57 Å². The van der Waals surface area contributed by atoms with E-state index < -0.39 is 0 Å². The molecule has 1 aromatic heterocycles. The second-order valence-electron chi connectivity index (χ2n) is 4.31. The van der Waals surface area contributed by atoms with Gasteiger partial charge in [-0.3, -0.25) is 4.79 Å². The van der Waals surface area contributed by atoms with Gasteiger partial charge in [-0.25, -0.2) is 4.98 Å². The van der Waals surface area contributed by atoms with E-state index in [9.17, 15) is 4.79 Å². The van der Waals surface area contributed by atoms with Crippen LogP contribution >= 0.6 is 22.6 Å². The zero-order chi connectivity index (χ0) is 11.7. The number of hydrogen-bond donors (Lipinski definition) is 1. The molecule has 1 saturated heterocycles. The Hall–Kier alpha value is -0.430. The molecule has 0 aromatic carbocycles. The number of halogens is 1. The van der Waals surface area contributed by atoms with Crippen molar-refractivity contribution in [2.45, 2.75) is 38.7 Å². The summed E-state index contributed by atoms with van der Waals surface area (Å²) in [6.07, 6.45) is 1.96. The summed E-state index contributed by atoms with van der Waals surface area (Å²) < 4.78 is 6.22. The zero-order valence-electron chi connectivity index (χ0n) is 9.42. The first-order valence-corrected chi connectivity index (χ1v) is 6.58. The van der Waals surface area contributed by atoms with E-state index in [4.69, 9.17) is 4.74 Å². The molecule has 2 rings (SSSR count). The largest absolute Gasteiger partial charge is 0.370 e. The first-order chi connectivity index (χ1) is 7.59. The highest BCUT2D eigenvalue weighted by Crippen LogP contribution is 2.26. The molecular formula is C11H15IN2O2. The van der Waals surface area contributed by atoms with Crippen LogP contribution in [0.1, 0.15) is 50.2 Å². The molecule has 0 aliphatic carbocycles. The predicted octanol–water partition coefficient (Wildman–Crippen LogP) is 2.35. The minimum absolute atomic E-state index is 0.0257. The number of H-pyrrole nitrogens is 1. The highest BCUT2D eigenvalue weighted by Gasteiger charge is 2.22. The summed E-state index contributed by atoms with van der Waals surface area (Å²) in [4.78, 5) is 19.1. The Kier molecular flexibility index (Phi) is 3.63. The van der Waals surface area contributed by atoms with Crippen LogP contribution in [0.5, 0.6) is 0 Å². The molecule has 0 bridgehead atoms. The molecule has 4 nitrogen and oxygen atoms in total. The minimum Gasteiger partial charge on any atom is -0.370 e. The Labute approximate surface area is 108 Å². The molecule has 1 aliphatic heterocycles. The lowest BCUT2D eigenvalue weighted by Gasteiger charge is -2.12. The van der Waals surface area contributed by atoms with Crippen LogP contribution in [0.25, 0.3) is 0 Å². The number of aromatic nitrogens is 2. The summed E-state index contributed by atoms with van der Waals surface area (Å²) in [5.74, 6) is 0.945. The summed E-state index contributed by atoms with van der Waals surface area (Å²) in [7, 11) is 0. The normalized spacial score (nSPS) is 20.6.